The highest BCUT2D eigenvalue weighted by molar-refractivity contribution is 7.92. The number of nitrogens with one attached hydrogen (secondary N) is 1. The fourth-order valence-corrected chi connectivity index (χ4v) is 4.77. The van der Waals surface area contributed by atoms with Gasteiger partial charge >= 0.3 is 0 Å². The third-order valence-corrected chi connectivity index (χ3v) is 7.03. The van der Waals surface area contributed by atoms with Crippen molar-refractivity contribution in [3.05, 3.63) is 115 Å². The Labute approximate surface area is 205 Å². The van der Waals surface area contributed by atoms with E-state index in [4.69, 9.17) is 4.74 Å². The molecule has 1 aromatic heterocycles. The van der Waals surface area contributed by atoms with Gasteiger partial charge in [0.05, 0.1) is 10.6 Å². The van der Waals surface area contributed by atoms with Crippen molar-refractivity contribution in [3.63, 3.8) is 0 Å². The Morgan fingerprint density at radius 3 is 2.14 bits per heavy atom. The minimum atomic E-state index is -4.00. The first kappa shape index (κ1) is 24.0. The molecule has 0 radical (unpaired) electrons. The second kappa shape index (κ2) is 10.8. The number of pyridine rings is 1. The number of nitrogens with zero attached hydrogens (tertiary/aromatic N) is 2. The molecular weight excluding hydrogens is 462 g/mol. The smallest absolute Gasteiger partial charge is 0.264 e. The predicted molar refractivity (Wildman–Crippen MR) is 135 cm³/mol. The number of hydrogen-bond acceptors (Lipinski definition) is 5. The molecule has 0 bridgehead atoms. The van der Waals surface area contributed by atoms with E-state index in [1.54, 1.807) is 73.1 Å². The lowest BCUT2D eigenvalue weighted by atomic mass is 10.2. The van der Waals surface area contributed by atoms with Crippen LogP contribution in [0.5, 0.6) is 11.5 Å². The lowest BCUT2D eigenvalue weighted by Gasteiger charge is -2.24. The monoisotopic (exact) mass is 487 g/mol. The van der Waals surface area contributed by atoms with E-state index < -0.39 is 15.9 Å². The fraction of sp³-hybridized carbons (Fsp3) is 0.111. The predicted octanol–water partition coefficient (Wildman–Crippen LogP) is 4.69. The van der Waals surface area contributed by atoms with Gasteiger partial charge in [0.25, 0.3) is 10.0 Å². The molecular formula is C27H25N3O4S. The molecule has 3 aromatic carbocycles. The van der Waals surface area contributed by atoms with Crippen molar-refractivity contribution in [2.75, 3.05) is 10.8 Å². The van der Waals surface area contributed by atoms with Crippen LogP contribution in [0.1, 0.15) is 11.1 Å². The van der Waals surface area contributed by atoms with E-state index in [2.05, 4.69) is 10.3 Å². The maximum atomic E-state index is 13.5. The Morgan fingerprint density at radius 2 is 1.49 bits per heavy atom. The normalized spacial score (nSPS) is 11.0. The second-order valence-electron chi connectivity index (χ2n) is 7.87. The van der Waals surface area contributed by atoms with Gasteiger partial charge in [0.1, 0.15) is 18.0 Å². The minimum Gasteiger partial charge on any atom is -0.457 e. The van der Waals surface area contributed by atoms with Crippen LogP contribution in [0.2, 0.25) is 0 Å². The maximum absolute atomic E-state index is 13.5. The number of carbonyl (C=O) groups excluding carboxylic acids is 1. The Balaban J connectivity index is 1.58. The first-order chi connectivity index (χ1) is 16.9. The average molecular weight is 488 g/mol. The second-order valence-corrected chi connectivity index (χ2v) is 9.73. The molecule has 0 saturated carbocycles. The number of hydrogen-bond donors (Lipinski definition) is 1. The number of para-hydroxylation sites is 1. The Morgan fingerprint density at radius 1 is 0.857 bits per heavy atom. The summed E-state index contributed by atoms with van der Waals surface area (Å²) in [5, 5.41) is 2.78. The molecule has 0 fully saturated rings. The quantitative estimate of drug-likeness (QED) is 0.370. The number of ether oxygens (including phenoxy) is 1. The number of amides is 1. The van der Waals surface area contributed by atoms with Crippen LogP contribution in [0.3, 0.4) is 0 Å². The number of anilines is 1. The van der Waals surface area contributed by atoms with Gasteiger partial charge in [-0.1, -0.05) is 35.9 Å². The van der Waals surface area contributed by atoms with Gasteiger partial charge in [-0.05, 0) is 73.2 Å². The molecule has 8 heteroatoms. The Hall–Kier alpha value is -4.17. The SMILES string of the molecule is Cc1ccc(S(=O)(=O)N(CC(=O)NCc2ccncc2)c2ccc(Oc3ccccc3)cc2)cc1. The van der Waals surface area contributed by atoms with Gasteiger partial charge in [0.2, 0.25) is 5.91 Å². The topological polar surface area (TPSA) is 88.6 Å². The Bertz CT molecular complexity index is 1360. The molecule has 0 atom stereocenters. The molecule has 1 heterocycles. The molecule has 0 unspecified atom stereocenters. The van der Waals surface area contributed by atoms with Crippen LogP contribution in [-0.4, -0.2) is 25.9 Å². The fourth-order valence-electron chi connectivity index (χ4n) is 3.35. The summed E-state index contributed by atoms with van der Waals surface area (Å²) in [4.78, 5) is 16.8. The summed E-state index contributed by atoms with van der Waals surface area (Å²) in [5.41, 5.74) is 2.15. The summed E-state index contributed by atoms with van der Waals surface area (Å²) in [5.74, 6) is 0.789. The van der Waals surface area contributed by atoms with Crippen molar-refractivity contribution in [1.29, 1.82) is 0 Å². The van der Waals surface area contributed by atoms with Crippen LogP contribution in [0.25, 0.3) is 0 Å². The van der Waals surface area contributed by atoms with E-state index in [1.165, 1.54) is 0 Å². The highest BCUT2D eigenvalue weighted by Gasteiger charge is 2.27. The van der Waals surface area contributed by atoms with Crippen molar-refractivity contribution in [2.45, 2.75) is 18.4 Å². The van der Waals surface area contributed by atoms with E-state index >= 15 is 0 Å². The minimum absolute atomic E-state index is 0.106. The average Bonchev–Trinajstić information content (AvgIpc) is 2.88. The van der Waals surface area contributed by atoms with Crippen molar-refractivity contribution in [2.24, 2.45) is 0 Å². The lowest BCUT2D eigenvalue weighted by Crippen LogP contribution is -2.40. The molecule has 0 aliphatic rings. The first-order valence-electron chi connectivity index (χ1n) is 11.0. The molecule has 0 aliphatic heterocycles. The molecule has 35 heavy (non-hydrogen) atoms. The highest BCUT2D eigenvalue weighted by atomic mass is 32.2. The van der Waals surface area contributed by atoms with Crippen LogP contribution in [0.15, 0.2) is 108 Å². The summed E-state index contributed by atoms with van der Waals surface area (Å²) < 4.78 is 34.0. The summed E-state index contributed by atoms with van der Waals surface area (Å²) in [6.45, 7) is 1.77. The molecule has 4 aromatic rings. The molecule has 1 N–H and O–H groups in total. The van der Waals surface area contributed by atoms with Gasteiger partial charge in [-0.2, -0.15) is 0 Å². The van der Waals surface area contributed by atoms with Crippen LogP contribution >= 0.6 is 0 Å². The van der Waals surface area contributed by atoms with E-state index in [1.807, 2.05) is 37.3 Å². The number of aromatic nitrogens is 1. The van der Waals surface area contributed by atoms with Gasteiger partial charge in [0.15, 0.2) is 0 Å². The molecule has 0 saturated heterocycles. The number of benzene rings is 3. The van der Waals surface area contributed by atoms with E-state index in [0.717, 1.165) is 15.4 Å². The largest absolute Gasteiger partial charge is 0.457 e. The molecule has 7 nitrogen and oxygen atoms in total. The zero-order valence-electron chi connectivity index (χ0n) is 19.2. The van der Waals surface area contributed by atoms with Gasteiger partial charge in [-0.3, -0.25) is 14.1 Å². The van der Waals surface area contributed by atoms with Crippen molar-refractivity contribution >= 4 is 21.6 Å². The standard InChI is InChI=1S/C27H25N3O4S/c1-21-7-13-26(14-8-21)35(32,33)30(20-27(31)29-19-22-15-17-28-18-16-22)23-9-11-25(12-10-23)34-24-5-3-2-4-6-24/h2-18H,19-20H2,1H3,(H,29,31). The zero-order valence-corrected chi connectivity index (χ0v) is 20.0. The summed E-state index contributed by atoms with van der Waals surface area (Å²) in [6, 6.07) is 26.0. The first-order valence-corrected chi connectivity index (χ1v) is 12.4. The van der Waals surface area contributed by atoms with Gasteiger partial charge < -0.3 is 10.1 Å². The third-order valence-electron chi connectivity index (χ3n) is 5.24. The van der Waals surface area contributed by atoms with Gasteiger partial charge in [-0.15, -0.1) is 0 Å². The van der Waals surface area contributed by atoms with Crippen molar-refractivity contribution < 1.29 is 17.9 Å². The van der Waals surface area contributed by atoms with Crippen molar-refractivity contribution in [1.82, 2.24) is 10.3 Å². The van der Waals surface area contributed by atoms with Crippen LogP contribution in [-0.2, 0) is 21.4 Å². The molecule has 4 rings (SSSR count). The molecule has 0 aliphatic carbocycles. The van der Waals surface area contributed by atoms with Gasteiger partial charge in [-0.25, -0.2) is 8.42 Å². The van der Waals surface area contributed by atoms with E-state index in [-0.39, 0.29) is 18.0 Å². The van der Waals surface area contributed by atoms with E-state index in [9.17, 15) is 13.2 Å². The summed E-state index contributed by atoms with van der Waals surface area (Å²) >= 11 is 0. The van der Waals surface area contributed by atoms with Crippen LogP contribution in [0, 0.1) is 6.92 Å². The molecule has 1 amide bonds. The number of rotatable bonds is 9. The van der Waals surface area contributed by atoms with Gasteiger partial charge in [0, 0.05) is 18.9 Å². The number of sulfonamides is 1. The maximum Gasteiger partial charge on any atom is 0.264 e. The summed E-state index contributed by atoms with van der Waals surface area (Å²) in [7, 11) is -4.00. The number of aryl methyl sites for hydroxylation is 1. The van der Waals surface area contributed by atoms with E-state index in [0.29, 0.717) is 17.2 Å². The molecule has 0 spiro atoms. The Kier molecular flexibility index (Phi) is 7.42. The lowest BCUT2D eigenvalue weighted by molar-refractivity contribution is -0.119. The van der Waals surface area contributed by atoms with Crippen LogP contribution < -0.4 is 14.4 Å². The number of carbonyl (C=O) groups is 1. The zero-order chi connectivity index (χ0) is 24.7. The third kappa shape index (κ3) is 6.24. The highest BCUT2D eigenvalue weighted by Crippen LogP contribution is 2.28. The summed E-state index contributed by atoms with van der Waals surface area (Å²) in [6.07, 6.45) is 3.27. The molecule has 178 valence electrons. The van der Waals surface area contributed by atoms with Crippen molar-refractivity contribution in [3.8, 4) is 11.5 Å². The van der Waals surface area contributed by atoms with Crippen LogP contribution in [0.4, 0.5) is 5.69 Å².